The summed E-state index contributed by atoms with van der Waals surface area (Å²) in [5, 5.41) is 3.12. The Hall–Kier alpha value is -2.50. The number of hydrogen-bond acceptors (Lipinski definition) is 5. The summed E-state index contributed by atoms with van der Waals surface area (Å²) in [4.78, 5) is 16.7. The zero-order chi connectivity index (χ0) is 15.0. The van der Waals surface area contributed by atoms with Crippen LogP contribution in [-0.2, 0) is 9.53 Å². The van der Waals surface area contributed by atoms with Crippen molar-refractivity contribution in [3.05, 3.63) is 47.8 Å². The highest BCUT2D eigenvalue weighted by molar-refractivity contribution is 5.92. The van der Waals surface area contributed by atoms with E-state index in [1.54, 1.807) is 18.5 Å². The number of fused-ring (bicyclic) bond motifs is 1. The normalized spacial score (nSPS) is 17.6. The smallest absolute Gasteiger partial charge is 0.338 e. The number of nitrogens with one attached hydrogen (secondary N) is 1. The Morgan fingerprint density at radius 1 is 1.52 bits per heavy atom. The zero-order valence-corrected chi connectivity index (χ0v) is 12.2. The minimum Gasteiger partial charge on any atom is -0.467 e. The molecular weight excluding hydrogens is 270 g/mol. The number of carbonyl (C=O) groups excluding carboxylic acids is 1. The lowest BCUT2D eigenvalue weighted by atomic mass is 10.0. The van der Waals surface area contributed by atoms with Gasteiger partial charge in [-0.05, 0) is 32.9 Å². The summed E-state index contributed by atoms with van der Waals surface area (Å²) in [6, 6.07) is 3.27. The van der Waals surface area contributed by atoms with Crippen LogP contribution in [0.25, 0.3) is 0 Å². The molecule has 0 radical (unpaired) electrons. The Balaban J connectivity index is 2.08. The zero-order valence-electron chi connectivity index (χ0n) is 12.2. The molecule has 1 atom stereocenters. The fraction of sp³-hybridized carbons (Fsp3) is 0.333. The van der Waals surface area contributed by atoms with Gasteiger partial charge in [0.1, 0.15) is 11.8 Å². The molecule has 2 aromatic rings. The lowest BCUT2D eigenvalue weighted by Crippen LogP contribution is -2.29. The van der Waals surface area contributed by atoms with Crippen LogP contribution in [0.2, 0.25) is 0 Å². The van der Waals surface area contributed by atoms with Crippen molar-refractivity contribution in [1.82, 2.24) is 9.55 Å². The Labute approximate surface area is 122 Å². The van der Waals surface area contributed by atoms with Gasteiger partial charge in [-0.3, -0.25) is 0 Å². The van der Waals surface area contributed by atoms with E-state index in [1.165, 1.54) is 0 Å². The summed E-state index contributed by atoms with van der Waals surface area (Å²) in [6.45, 7) is 5.49. The topological polar surface area (TPSA) is 69.3 Å². The van der Waals surface area contributed by atoms with Gasteiger partial charge < -0.3 is 19.0 Å². The number of hydrogen-bond donors (Lipinski definition) is 1. The predicted molar refractivity (Wildman–Crippen MR) is 76.6 cm³/mol. The van der Waals surface area contributed by atoms with Crippen LogP contribution in [0.15, 0.2) is 46.5 Å². The third kappa shape index (κ3) is 2.33. The fourth-order valence-electron chi connectivity index (χ4n) is 2.47. The van der Waals surface area contributed by atoms with Crippen LogP contribution in [0.1, 0.15) is 32.6 Å². The average molecular weight is 287 g/mol. The van der Waals surface area contributed by atoms with E-state index in [0.717, 1.165) is 5.70 Å². The number of allylic oxidation sites excluding steroid dienone is 1. The number of anilines is 1. The van der Waals surface area contributed by atoms with Crippen LogP contribution < -0.4 is 5.32 Å². The van der Waals surface area contributed by atoms with E-state index < -0.39 is 0 Å². The molecule has 0 spiro atoms. The van der Waals surface area contributed by atoms with Gasteiger partial charge in [-0.2, -0.15) is 0 Å². The summed E-state index contributed by atoms with van der Waals surface area (Å²) < 4.78 is 12.7. The molecule has 1 unspecified atom stereocenters. The van der Waals surface area contributed by atoms with Gasteiger partial charge in [0.25, 0.3) is 0 Å². The molecule has 3 rings (SSSR count). The van der Waals surface area contributed by atoms with E-state index in [4.69, 9.17) is 9.15 Å². The third-order valence-electron chi connectivity index (χ3n) is 3.30. The first-order valence-corrected chi connectivity index (χ1v) is 6.83. The summed E-state index contributed by atoms with van der Waals surface area (Å²) in [5.41, 5.74) is 1.25. The largest absolute Gasteiger partial charge is 0.467 e. The summed E-state index contributed by atoms with van der Waals surface area (Å²) >= 11 is 0. The second-order valence-corrected chi connectivity index (χ2v) is 5.19. The van der Waals surface area contributed by atoms with Crippen LogP contribution in [-0.4, -0.2) is 21.6 Å². The van der Waals surface area contributed by atoms with Crippen LogP contribution in [0.3, 0.4) is 0 Å². The molecule has 0 amide bonds. The Morgan fingerprint density at radius 2 is 2.33 bits per heavy atom. The van der Waals surface area contributed by atoms with Gasteiger partial charge in [-0.15, -0.1) is 0 Å². The van der Waals surface area contributed by atoms with Gasteiger partial charge >= 0.3 is 5.97 Å². The second kappa shape index (κ2) is 5.12. The van der Waals surface area contributed by atoms with Crippen molar-refractivity contribution in [3.63, 3.8) is 0 Å². The van der Waals surface area contributed by atoms with Crippen LogP contribution in [0.5, 0.6) is 0 Å². The van der Waals surface area contributed by atoms with E-state index in [2.05, 4.69) is 10.3 Å². The molecule has 6 nitrogen and oxygen atoms in total. The molecule has 1 aliphatic rings. The minimum atomic E-state index is -0.370. The number of rotatable bonds is 3. The Kier molecular flexibility index (Phi) is 3.29. The van der Waals surface area contributed by atoms with E-state index in [9.17, 15) is 4.79 Å². The number of furan rings is 1. The lowest BCUT2D eigenvalue weighted by Gasteiger charge is -2.28. The van der Waals surface area contributed by atoms with Gasteiger partial charge in [-0.25, -0.2) is 9.78 Å². The van der Waals surface area contributed by atoms with Crippen molar-refractivity contribution in [2.75, 3.05) is 5.32 Å². The molecule has 0 bridgehead atoms. The van der Waals surface area contributed by atoms with Crippen molar-refractivity contribution in [2.45, 2.75) is 32.9 Å². The third-order valence-corrected chi connectivity index (χ3v) is 3.30. The first kappa shape index (κ1) is 13.5. The quantitative estimate of drug-likeness (QED) is 0.879. The van der Waals surface area contributed by atoms with E-state index in [0.29, 0.717) is 17.3 Å². The predicted octanol–water partition coefficient (Wildman–Crippen LogP) is 2.72. The SMILES string of the molecule is CC1=C(C(=O)OC(C)C)C(c2ccco2)n2ccnc2N1. The second-order valence-electron chi connectivity index (χ2n) is 5.19. The summed E-state index contributed by atoms with van der Waals surface area (Å²) in [6.07, 6.45) is 4.90. The van der Waals surface area contributed by atoms with Gasteiger partial charge in [-0.1, -0.05) is 0 Å². The molecule has 0 saturated carbocycles. The van der Waals surface area contributed by atoms with E-state index in [-0.39, 0.29) is 18.1 Å². The van der Waals surface area contributed by atoms with Crippen molar-refractivity contribution < 1.29 is 13.9 Å². The first-order chi connectivity index (χ1) is 10.1. The highest BCUT2D eigenvalue weighted by Crippen LogP contribution is 2.36. The monoisotopic (exact) mass is 287 g/mol. The number of esters is 1. The standard InChI is InChI=1S/C15H17N3O3/c1-9(2)21-14(19)12-10(3)17-15-16-6-7-18(15)13(12)11-5-4-8-20-11/h4-9,13H,1-3H3,(H,16,17). The summed E-state index contributed by atoms with van der Waals surface area (Å²) in [5.74, 6) is 0.997. The molecule has 1 aliphatic heterocycles. The van der Waals surface area contributed by atoms with Crippen LogP contribution in [0, 0.1) is 0 Å². The Morgan fingerprint density at radius 3 is 3.00 bits per heavy atom. The van der Waals surface area contributed by atoms with E-state index >= 15 is 0 Å². The van der Waals surface area contributed by atoms with Crippen molar-refractivity contribution in [3.8, 4) is 0 Å². The number of nitrogens with zero attached hydrogens (tertiary/aromatic N) is 2. The van der Waals surface area contributed by atoms with Crippen molar-refractivity contribution in [2.24, 2.45) is 0 Å². The molecular formula is C15H17N3O3. The highest BCUT2D eigenvalue weighted by Gasteiger charge is 2.35. The molecule has 110 valence electrons. The molecule has 0 saturated heterocycles. The average Bonchev–Trinajstić information content (AvgIpc) is 3.06. The highest BCUT2D eigenvalue weighted by atomic mass is 16.5. The van der Waals surface area contributed by atoms with Crippen LogP contribution in [0.4, 0.5) is 5.95 Å². The van der Waals surface area contributed by atoms with Gasteiger partial charge in [0, 0.05) is 18.1 Å². The first-order valence-electron chi connectivity index (χ1n) is 6.83. The van der Waals surface area contributed by atoms with Gasteiger partial charge in [0.15, 0.2) is 0 Å². The van der Waals surface area contributed by atoms with Crippen molar-refractivity contribution >= 4 is 11.9 Å². The molecule has 3 heterocycles. The number of imidazole rings is 1. The van der Waals surface area contributed by atoms with E-state index in [1.807, 2.05) is 37.6 Å². The molecule has 1 N–H and O–H groups in total. The molecule has 6 heteroatoms. The maximum absolute atomic E-state index is 12.5. The van der Waals surface area contributed by atoms with Crippen molar-refractivity contribution in [1.29, 1.82) is 0 Å². The minimum absolute atomic E-state index is 0.181. The lowest BCUT2D eigenvalue weighted by molar-refractivity contribution is -0.143. The number of ether oxygens (including phenoxy) is 1. The molecule has 0 fully saturated rings. The number of carbonyl (C=O) groups is 1. The Bertz CT molecular complexity index is 683. The molecule has 21 heavy (non-hydrogen) atoms. The van der Waals surface area contributed by atoms with Crippen LogP contribution >= 0.6 is 0 Å². The van der Waals surface area contributed by atoms with Gasteiger partial charge in [0.2, 0.25) is 5.95 Å². The fourth-order valence-corrected chi connectivity index (χ4v) is 2.47. The van der Waals surface area contributed by atoms with Gasteiger partial charge in [0.05, 0.1) is 17.9 Å². The molecule has 2 aromatic heterocycles. The number of aromatic nitrogens is 2. The molecule has 0 aliphatic carbocycles. The summed E-state index contributed by atoms with van der Waals surface area (Å²) in [7, 11) is 0. The maximum atomic E-state index is 12.5. The molecule has 0 aromatic carbocycles. The maximum Gasteiger partial charge on any atom is 0.338 e.